The summed E-state index contributed by atoms with van der Waals surface area (Å²) in [5, 5.41) is 3.17. The standard InChI is InChI=1S/C20H19N3O4S/c1-12-19(14-5-2-3-6-15(14)21-12)16(24)10-27-18(26)9-13-11-28-20(22-13)23-8-4-7-17(23)25/h2-3,5-6,11,21H,4,7-10H2,1H3. The van der Waals surface area contributed by atoms with Crippen LogP contribution in [0.4, 0.5) is 5.13 Å². The minimum atomic E-state index is -0.518. The molecule has 3 heterocycles. The minimum Gasteiger partial charge on any atom is -0.457 e. The fraction of sp³-hybridized carbons (Fsp3) is 0.300. The van der Waals surface area contributed by atoms with E-state index in [0.717, 1.165) is 23.0 Å². The number of esters is 1. The fourth-order valence-corrected chi connectivity index (χ4v) is 4.27. The van der Waals surface area contributed by atoms with E-state index in [2.05, 4.69) is 9.97 Å². The summed E-state index contributed by atoms with van der Waals surface area (Å²) in [6, 6.07) is 7.52. The van der Waals surface area contributed by atoms with Crippen molar-refractivity contribution in [3.05, 3.63) is 46.6 Å². The lowest BCUT2D eigenvalue weighted by Gasteiger charge is -2.10. The van der Waals surface area contributed by atoms with Gasteiger partial charge in [-0.1, -0.05) is 18.2 Å². The number of hydrogen-bond acceptors (Lipinski definition) is 6. The van der Waals surface area contributed by atoms with Gasteiger partial charge in [0.2, 0.25) is 11.7 Å². The largest absolute Gasteiger partial charge is 0.457 e. The van der Waals surface area contributed by atoms with Crippen molar-refractivity contribution in [3.63, 3.8) is 0 Å². The Balaban J connectivity index is 1.37. The first-order valence-electron chi connectivity index (χ1n) is 9.04. The zero-order chi connectivity index (χ0) is 19.7. The number of Topliss-reactive ketones (excluding diaryl/α,β-unsaturated/α-hetero) is 1. The number of nitrogens with zero attached hydrogens (tertiary/aromatic N) is 2. The molecule has 0 unspecified atom stereocenters. The highest BCUT2D eigenvalue weighted by Crippen LogP contribution is 2.26. The molecule has 0 aliphatic carbocycles. The fourth-order valence-electron chi connectivity index (χ4n) is 3.40. The maximum Gasteiger partial charge on any atom is 0.312 e. The quantitative estimate of drug-likeness (QED) is 0.510. The molecule has 2 aromatic heterocycles. The van der Waals surface area contributed by atoms with Crippen LogP contribution >= 0.6 is 11.3 Å². The van der Waals surface area contributed by atoms with Gasteiger partial charge in [-0.05, 0) is 19.4 Å². The van der Waals surface area contributed by atoms with Crippen LogP contribution in [0, 0.1) is 6.92 Å². The van der Waals surface area contributed by atoms with Crippen molar-refractivity contribution < 1.29 is 19.1 Å². The minimum absolute atomic E-state index is 0.0291. The van der Waals surface area contributed by atoms with Crippen molar-refractivity contribution in [2.75, 3.05) is 18.1 Å². The summed E-state index contributed by atoms with van der Waals surface area (Å²) in [7, 11) is 0. The molecule has 1 aromatic carbocycles. The Kier molecular flexibility index (Phi) is 4.95. The van der Waals surface area contributed by atoms with E-state index in [9.17, 15) is 14.4 Å². The van der Waals surface area contributed by atoms with E-state index < -0.39 is 5.97 Å². The van der Waals surface area contributed by atoms with Gasteiger partial charge in [0.25, 0.3) is 0 Å². The highest BCUT2D eigenvalue weighted by molar-refractivity contribution is 7.14. The lowest BCUT2D eigenvalue weighted by Crippen LogP contribution is -2.23. The second-order valence-electron chi connectivity index (χ2n) is 6.70. The molecule has 1 amide bonds. The van der Waals surface area contributed by atoms with Gasteiger partial charge in [-0.15, -0.1) is 11.3 Å². The molecule has 144 valence electrons. The molecule has 8 heteroatoms. The molecular formula is C20H19N3O4S. The molecule has 0 saturated carbocycles. The third-order valence-electron chi connectivity index (χ3n) is 4.71. The Morgan fingerprint density at radius 1 is 1.32 bits per heavy atom. The van der Waals surface area contributed by atoms with Gasteiger partial charge in [-0.2, -0.15) is 0 Å². The van der Waals surface area contributed by atoms with Crippen molar-refractivity contribution in [2.45, 2.75) is 26.2 Å². The predicted octanol–water partition coefficient (Wildman–Crippen LogP) is 3.03. The van der Waals surface area contributed by atoms with Crippen LogP contribution in [0.2, 0.25) is 0 Å². The van der Waals surface area contributed by atoms with Crippen LogP contribution in [0.3, 0.4) is 0 Å². The average Bonchev–Trinajstić information content (AvgIpc) is 3.37. The van der Waals surface area contributed by atoms with E-state index in [0.29, 0.717) is 29.4 Å². The maximum absolute atomic E-state index is 12.6. The van der Waals surface area contributed by atoms with E-state index in [1.807, 2.05) is 31.2 Å². The smallest absolute Gasteiger partial charge is 0.312 e. The van der Waals surface area contributed by atoms with Gasteiger partial charge in [-0.3, -0.25) is 19.3 Å². The number of H-pyrrole nitrogens is 1. The lowest BCUT2D eigenvalue weighted by atomic mass is 10.1. The number of para-hydroxylation sites is 1. The lowest BCUT2D eigenvalue weighted by molar-refractivity contribution is -0.141. The van der Waals surface area contributed by atoms with Crippen molar-refractivity contribution in [1.29, 1.82) is 0 Å². The third-order valence-corrected chi connectivity index (χ3v) is 5.62. The molecule has 7 nitrogen and oxygen atoms in total. The number of thiazole rings is 1. The SMILES string of the molecule is Cc1[nH]c2ccccc2c1C(=O)COC(=O)Cc1csc(N2CCCC2=O)n1. The number of aromatic nitrogens is 2. The Morgan fingerprint density at radius 3 is 2.93 bits per heavy atom. The summed E-state index contributed by atoms with van der Waals surface area (Å²) in [6.07, 6.45) is 1.33. The number of fused-ring (bicyclic) bond motifs is 1. The first-order chi connectivity index (χ1) is 13.5. The van der Waals surface area contributed by atoms with E-state index in [4.69, 9.17) is 4.74 Å². The number of ketones is 1. The number of rotatable bonds is 6. The van der Waals surface area contributed by atoms with Crippen molar-refractivity contribution in [2.24, 2.45) is 0 Å². The van der Waals surface area contributed by atoms with Crippen LogP contribution in [-0.4, -0.2) is 40.8 Å². The van der Waals surface area contributed by atoms with E-state index in [-0.39, 0.29) is 24.7 Å². The van der Waals surface area contributed by atoms with E-state index in [1.54, 1.807) is 10.3 Å². The van der Waals surface area contributed by atoms with E-state index in [1.165, 1.54) is 11.3 Å². The van der Waals surface area contributed by atoms with Gasteiger partial charge in [0, 0.05) is 40.5 Å². The van der Waals surface area contributed by atoms with Gasteiger partial charge in [0.15, 0.2) is 11.7 Å². The second kappa shape index (κ2) is 7.55. The Labute approximate surface area is 165 Å². The van der Waals surface area contributed by atoms with Crippen LogP contribution in [-0.2, 0) is 20.7 Å². The van der Waals surface area contributed by atoms with Gasteiger partial charge in [-0.25, -0.2) is 4.98 Å². The number of ether oxygens (including phenoxy) is 1. The monoisotopic (exact) mass is 397 g/mol. The highest BCUT2D eigenvalue weighted by atomic mass is 32.1. The molecule has 28 heavy (non-hydrogen) atoms. The molecule has 1 N–H and O–H groups in total. The zero-order valence-corrected chi connectivity index (χ0v) is 16.2. The highest BCUT2D eigenvalue weighted by Gasteiger charge is 2.24. The van der Waals surface area contributed by atoms with Crippen molar-refractivity contribution >= 4 is 45.0 Å². The number of hydrogen-bond donors (Lipinski definition) is 1. The molecule has 1 aliphatic heterocycles. The van der Waals surface area contributed by atoms with Crippen molar-refractivity contribution in [1.82, 2.24) is 9.97 Å². The summed E-state index contributed by atoms with van der Waals surface area (Å²) in [6.45, 7) is 2.17. The van der Waals surface area contributed by atoms with Crippen LogP contribution in [0.15, 0.2) is 29.6 Å². The number of anilines is 1. The second-order valence-corrected chi connectivity index (χ2v) is 7.54. The molecule has 0 radical (unpaired) electrons. The van der Waals surface area contributed by atoms with E-state index >= 15 is 0 Å². The molecule has 0 spiro atoms. The molecule has 1 saturated heterocycles. The number of aromatic amines is 1. The van der Waals surface area contributed by atoms with Crippen LogP contribution in [0.25, 0.3) is 10.9 Å². The van der Waals surface area contributed by atoms with Crippen LogP contribution in [0.5, 0.6) is 0 Å². The summed E-state index contributed by atoms with van der Waals surface area (Å²) in [5.41, 5.74) is 2.72. The molecule has 1 aliphatic rings. The number of carbonyl (C=O) groups excluding carboxylic acids is 3. The first-order valence-corrected chi connectivity index (χ1v) is 9.92. The topological polar surface area (TPSA) is 92.4 Å². The van der Waals surface area contributed by atoms with Gasteiger partial charge in [0.05, 0.1) is 12.1 Å². The molecule has 3 aromatic rings. The molecule has 1 fully saturated rings. The predicted molar refractivity (Wildman–Crippen MR) is 106 cm³/mol. The Bertz CT molecular complexity index is 1070. The normalized spacial score (nSPS) is 14.0. The maximum atomic E-state index is 12.6. The van der Waals surface area contributed by atoms with Crippen molar-refractivity contribution in [3.8, 4) is 0 Å². The van der Waals surface area contributed by atoms with Crippen LogP contribution in [0.1, 0.15) is 34.6 Å². The molecule has 4 rings (SSSR count). The molecule has 0 atom stereocenters. The number of nitrogens with one attached hydrogen (secondary N) is 1. The average molecular weight is 397 g/mol. The van der Waals surface area contributed by atoms with Gasteiger partial charge in [0.1, 0.15) is 0 Å². The number of benzene rings is 1. The summed E-state index contributed by atoms with van der Waals surface area (Å²) in [5.74, 6) is -0.705. The van der Waals surface area contributed by atoms with Gasteiger partial charge < -0.3 is 9.72 Å². The number of aryl methyl sites for hydroxylation is 1. The number of amides is 1. The Hall–Kier alpha value is -3.00. The van der Waals surface area contributed by atoms with Crippen LogP contribution < -0.4 is 4.90 Å². The first kappa shape index (κ1) is 18.4. The summed E-state index contributed by atoms with van der Waals surface area (Å²) < 4.78 is 5.17. The molecule has 0 bridgehead atoms. The summed E-state index contributed by atoms with van der Waals surface area (Å²) >= 11 is 1.33. The summed E-state index contributed by atoms with van der Waals surface area (Å²) in [4.78, 5) is 45.6. The number of carbonyl (C=O) groups is 3. The third kappa shape index (κ3) is 3.55. The Morgan fingerprint density at radius 2 is 2.14 bits per heavy atom. The zero-order valence-electron chi connectivity index (χ0n) is 15.4. The molecular weight excluding hydrogens is 378 g/mol. The van der Waals surface area contributed by atoms with Gasteiger partial charge >= 0.3 is 5.97 Å².